The molecular formula is C14H20F3NO3. The molecule has 1 unspecified atom stereocenters. The number of benzene rings is 1. The zero-order valence-corrected chi connectivity index (χ0v) is 12.1. The summed E-state index contributed by atoms with van der Waals surface area (Å²) in [6.07, 6.45) is -5.07. The van der Waals surface area contributed by atoms with E-state index < -0.39 is 18.6 Å². The van der Waals surface area contributed by atoms with Crippen LogP contribution in [0.15, 0.2) is 18.2 Å². The van der Waals surface area contributed by atoms with E-state index in [1.165, 1.54) is 14.2 Å². The van der Waals surface area contributed by atoms with Crippen LogP contribution in [-0.4, -0.2) is 33.6 Å². The Balaban J connectivity index is 2.46. The van der Waals surface area contributed by atoms with Gasteiger partial charge in [-0.1, -0.05) is 0 Å². The number of halogens is 3. The van der Waals surface area contributed by atoms with Gasteiger partial charge in [-0.05, 0) is 18.6 Å². The number of methoxy groups -OCH3 is 2. The molecule has 1 aromatic carbocycles. The average molecular weight is 307 g/mol. The van der Waals surface area contributed by atoms with Crippen molar-refractivity contribution in [3.63, 3.8) is 0 Å². The molecule has 0 bridgehead atoms. The highest BCUT2D eigenvalue weighted by Gasteiger charge is 2.26. The van der Waals surface area contributed by atoms with Crippen LogP contribution in [0.5, 0.6) is 11.5 Å². The molecule has 0 aliphatic rings. The first-order valence-corrected chi connectivity index (χ1v) is 6.49. The molecule has 120 valence electrons. The van der Waals surface area contributed by atoms with Gasteiger partial charge < -0.3 is 19.9 Å². The van der Waals surface area contributed by atoms with Gasteiger partial charge in [-0.3, -0.25) is 0 Å². The number of rotatable bonds is 8. The van der Waals surface area contributed by atoms with Gasteiger partial charge in [-0.2, -0.15) is 13.2 Å². The number of hydrogen-bond donors (Lipinski definition) is 1. The van der Waals surface area contributed by atoms with Gasteiger partial charge in [0.2, 0.25) is 0 Å². The molecular weight excluding hydrogens is 287 g/mol. The standard InChI is InChI=1S/C14H20F3NO3/c1-19-10-4-5-11(13(8-10)20-2)12(18)9-21-7-3-6-14(15,16)17/h4-5,8,12H,3,6-7,9,18H2,1-2H3. The summed E-state index contributed by atoms with van der Waals surface area (Å²) in [5.41, 5.74) is 6.68. The fraction of sp³-hybridized carbons (Fsp3) is 0.571. The molecule has 0 aliphatic heterocycles. The van der Waals surface area contributed by atoms with Crippen molar-refractivity contribution in [3.8, 4) is 11.5 Å². The molecule has 2 N–H and O–H groups in total. The van der Waals surface area contributed by atoms with Crippen LogP contribution in [0.2, 0.25) is 0 Å². The SMILES string of the molecule is COc1ccc(C(N)COCCCC(F)(F)F)c(OC)c1. The van der Waals surface area contributed by atoms with Crippen LogP contribution in [0.1, 0.15) is 24.4 Å². The molecule has 0 amide bonds. The average Bonchev–Trinajstić information content (AvgIpc) is 2.44. The fourth-order valence-corrected chi connectivity index (χ4v) is 1.80. The van der Waals surface area contributed by atoms with Crippen LogP contribution >= 0.6 is 0 Å². The number of alkyl halides is 3. The molecule has 0 saturated heterocycles. The van der Waals surface area contributed by atoms with E-state index in [2.05, 4.69) is 0 Å². The summed E-state index contributed by atoms with van der Waals surface area (Å²) in [6.45, 7) is 0.145. The van der Waals surface area contributed by atoms with Gasteiger partial charge >= 0.3 is 6.18 Å². The topological polar surface area (TPSA) is 53.7 Å². The van der Waals surface area contributed by atoms with Crippen molar-refractivity contribution in [1.29, 1.82) is 0 Å². The zero-order chi connectivity index (χ0) is 15.9. The quantitative estimate of drug-likeness (QED) is 0.750. The minimum Gasteiger partial charge on any atom is -0.497 e. The summed E-state index contributed by atoms with van der Waals surface area (Å²) in [4.78, 5) is 0. The summed E-state index contributed by atoms with van der Waals surface area (Å²) in [6, 6.07) is 4.71. The van der Waals surface area contributed by atoms with E-state index in [1.54, 1.807) is 18.2 Å². The highest BCUT2D eigenvalue weighted by Crippen LogP contribution is 2.28. The Morgan fingerprint density at radius 1 is 1.19 bits per heavy atom. The lowest BCUT2D eigenvalue weighted by atomic mass is 10.1. The molecule has 1 aromatic rings. The van der Waals surface area contributed by atoms with E-state index in [1.807, 2.05) is 0 Å². The summed E-state index contributed by atoms with van der Waals surface area (Å²) in [5, 5.41) is 0. The molecule has 0 spiro atoms. The van der Waals surface area contributed by atoms with E-state index in [-0.39, 0.29) is 19.6 Å². The number of hydrogen-bond acceptors (Lipinski definition) is 4. The van der Waals surface area contributed by atoms with Crippen LogP contribution in [0.25, 0.3) is 0 Å². The maximum absolute atomic E-state index is 12.0. The smallest absolute Gasteiger partial charge is 0.389 e. The fourth-order valence-electron chi connectivity index (χ4n) is 1.80. The highest BCUT2D eigenvalue weighted by molar-refractivity contribution is 5.42. The first kappa shape index (κ1) is 17.6. The lowest BCUT2D eigenvalue weighted by Gasteiger charge is -2.17. The maximum atomic E-state index is 12.0. The van der Waals surface area contributed by atoms with Crippen molar-refractivity contribution in [2.24, 2.45) is 5.73 Å². The second-order valence-electron chi connectivity index (χ2n) is 4.51. The molecule has 0 aromatic heterocycles. The van der Waals surface area contributed by atoms with Crippen LogP contribution < -0.4 is 15.2 Å². The van der Waals surface area contributed by atoms with Crippen molar-refractivity contribution in [2.45, 2.75) is 25.1 Å². The highest BCUT2D eigenvalue weighted by atomic mass is 19.4. The van der Waals surface area contributed by atoms with Crippen LogP contribution in [-0.2, 0) is 4.74 Å². The van der Waals surface area contributed by atoms with Gasteiger partial charge in [-0.25, -0.2) is 0 Å². The molecule has 0 radical (unpaired) electrons. The third-order valence-electron chi connectivity index (χ3n) is 2.89. The lowest BCUT2D eigenvalue weighted by Crippen LogP contribution is -2.19. The van der Waals surface area contributed by atoms with Crippen molar-refractivity contribution >= 4 is 0 Å². The lowest BCUT2D eigenvalue weighted by molar-refractivity contribution is -0.137. The molecule has 1 rings (SSSR count). The van der Waals surface area contributed by atoms with E-state index in [0.717, 1.165) is 0 Å². The zero-order valence-electron chi connectivity index (χ0n) is 12.1. The van der Waals surface area contributed by atoms with Crippen molar-refractivity contribution in [1.82, 2.24) is 0 Å². The first-order chi connectivity index (χ1) is 9.87. The summed E-state index contributed by atoms with van der Waals surface area (Å²) >= 11 is 0. The van der Waals surface area contributed by atoms with Crippen molar-refractivity contribution < 1.29 is 27.4 Å². The third-order valence-corrected chi connectivity index (χ3v) is 2.89. The van der Waals surface area contributed by atoms with Gasteiger partial charge in [0.1, 0.15) is 11.5 Å². The largest absolute Gasteiger partial charge is 0.497 e. The normalized spacial score (nSPS) is 13.0. The molecule has 0 fully saturated rings. The molecule has 0 saturated carbocycles. The summed E-state index contributed by atoms with van der Waals surface area (Å²) in [7, 11) is 3.05. The van der Waals surface area contributed by atoms with E-state index in [9.17, 15) is 13.2 Å². The summed E-state index contributed by atoms with van der Waals surface area (Å²) < 4.78 is 51.4. The second-order valence-corrected chi connectivity index (χ2v) is 4.51. The van der Waals surface area contributed by atoms with Crippen LogP contribution in [0.3, 0.4) is 0 Å². The minimum atomic E-state index is -4.15. The van der Waals surface area contributed by atoms with Gasteiger partial charge in [-0.15, -0.1) is 0 Å². The van der Waals surface area contributed by atoms with Crippen molar-refractivity contribution in [2.75, 3.05) is 27.4 Å². The summed E-state index contributed by atoms with van der Waals surface area (Å²) in [5.74, 6) is 1.19. The number of nitrogens with two attached hydrogens (primary N) is 1. The van der Waals surface area contributed by atoms with Crippen LogP contribution in [0, 0.1) is 0 Å². The van der Waals surface area contributed by atoms with E-state index in [0.29, 0.717) is 17.1 Å². The third kappa shape index (κ3) is 6.22. The molecule has 0 heterocycles. The predicted octanol–water partition coefficient (Wildman–Crippen LogP) is 3.06. The minimum absolute atomic E-state index is 0.0195. The van der Waals surface area contributed by atoms with E-state index in [4.69, 9.17) is 19.9 Å². The Morgan fingerprint density at radius 2 is 1.90 bits per heavy atom. The van der Waals surface area contributed by atoms with Gasteiger partial charge in [0, 0.05) is 24.7 Å². The van der Waals surface area contributed by atoms with Crippen LogP contribution in [0.4, 0.5) is 13.2 Å². The Bertz CT molecular complexity index is 438. The van der Waals surface area contributed by atoms with Gasteiger partial charge in [0.25, 0.3) is 0 Å². The van der Waals surface area contributed by atoms with Gasteiger partial charge in [0.05, 0.1) is 26.9 Å². The van der Waals surface area contributed by atoms with Gasteiger partial charge in [0.15, 0.2) is 0 Å². The molecule has 21 heavy (non-hydrogen) atoms. The van der Waals surface area contributed by atoms with E-state index >= 15 is 0 Å². The Labute approximate surface area is 122 Å². The maximum Gasteiger partial charge on any atom is 0.389 e. The molecule has 1 atom stereocenters. The monoisotopic (exact) mass is 307 g/mol. The second kappa shape index (κ2) is 8.09. The number of ether oxygens (including phenoxy) is 3. The molecule has 4 nitrogen and oxygen atoms in total. The Kier molecular flexibility index (Phi) is 6.77. The Morgan fingerprint density at radius 3 is 2.48 bits per heavy atom. The molecule has 0 aliphatic carbocycles. The first-order valence-electron chi connectivity index (χ1n) is 6.49. The predicted molar refractivity (Wildman–Crippen MR) is 72.6 cm³/mol. The molecule has 7 heteroatoms. The van der Waals surface area contributed by atoms with Crippen molar-refractivity contribution in [3.05, 3.63) is 23.8 Å². The Hall–Kier alpha value is -1.47.